The van der Waals surface area contributed by atoms with E-state index in [1.807, 2.05) is 0 Å². The fourth-order valence-corrected chi connectivity index (χ4v) is 1.30. The maximum atomic E-state index is 10.9. The predicted octanol–water partition coefficient (Wildman–Crippen LogP) is -0.566. The molecule has 0 radical (unpaired) electrons. The molecule has 1 atom stereocenters. The number of nitrogens with one attached hydrogen (secondary N) is 1. The van der Waals surface area contributed by atoms with Gasteiger partial charge in [-0.25, -0.2) is 4.79 Å². The van der Waals surface area contributed by atoms with Gasteiger partial charge in [-0.05, 0) is 13.3 Å². The molecule has 1 N–H and O–H groups in total. The van der Waals surface area contributed by atoms with Crippen LogP contribution in [-0.4, -0.2) is 41.2 Å². The topological polar surface area (TPSA) is 72.5 Å². The second-order valence-corrected chi connectivity index (χ2v) is 4.16. The van der Waals surface area contributed by atoms with E-state index in [-0.39, 0.29) is 6.61 Å². The van der Waals surface area contributed by atoms with Crippen molar-refractivity contribution in [3.05, 3.63) is 0 Å². The fourth-order valence-electron chi connectivity index (χ4n) is 0.746. The van der Waals surface area contributed by atoms with Crippen molar-refractivity contribution in [2.75, 3.05) is 25.2 Å². The number of hydrogen-bond acceptors (Lipinski definition) is 4. The van der Waals surface area contributed by atoms with Crippen LogP contribution in [0.3, 0.4) is 0 Å². The Morgan fingerprint density at radius 2 is 2.07 bits per heavy atom. The van der Waals surface area contributed by atoms with Gasteiger partial charge in [0, 0.05) is 29.4 Å². The van der Waals surface area contributed by atoms with E-state index in [0.717, 1.165) is 0 Å². The number of ether oxygens (including phenoxy) is 1. The molecule has 0 heterocycles. The standard InChI is InChI=1S/C8H15NO4S/c1-3-13-8(11)7(10)9-5-4-6-14(2)12/h3-6H2,1-2H3,(H,9,10). The van der Waals surface area contributed by atoms with Crippen molar-refractivity contribution in [2.24, 2.45) is 0 Å². The van der Waals surface area contributed by atoms with E-state index >= 15 is 0 Å². The largest absolute Gasteiger partial charge is 0.459 e. The van der Waals surface area contributed by atoms with Crippen LogP contribution in [0.4, 0.5) is 0 Å². The van der Waals surface area contributed by atoms with E-state index in [2.05, 4.69) is 10.1 Å². The van der Waals surface area contributed by atoms with Crippen molar-refractivity contribution >= 4 is 22.7 Å². The highest BCUT2D eigenvalue weighted by Gasteiger charge is 2.12. The Labute approximate surface area is 85.7 Å². The van der Waals surface area contributed by atoms with Gasteiger partial charge >= 0.3 is 11.9 Å². The summed E-state index contributed by atoms with van der Waals surface area (Å²) in [4.78, 5) is 21.7. The minimum atomic E-state index is -0.870. The Kier molecular flexibility index (Phi) is 7.00. The average molecular weight is 221 g/mol. The lowest BCUT2D eigenvalue weighted by Gasteiger charge is -2.03. The number of carbonyl (C=O) groups excluding carboxylic acids is 2. The number of rotatable bonds is 5. The molecule has 0 aromatic carbocycles. The Bertz CT molecular complexity index is 229. The van der Waals surface area contributed by atoms with Crippen LogP contribution in [0.15, 0.2) is 0 Å². The molecule has 0 spiro atoms. The van der Waals surface area contributed by atoms with Gasteiger partial charge in [-0.2, -0.15) is 0 Å². The molecule has 0 bridgehead atoms. The highest BCUT2D eigenvalue weighted by molar-refractivity contribution is 7.84. The van der Waals surface area contributed by atoms with Gasteiger partial charge in [0.2, 0.25) is 0 Å². The molecule has 6 heteroatoms. The summed E-state index contributed by atoms with van der Waals surface area (Å²) in [5.41, 5.74) is 0. The summed E-state index contributed by atoms with van der Waals surface area (Å²) >= 11 is 0. The van der Waals surface area contributed by atoms with Crippen molar-refractivity contribution in [2.45, 2.75) is 13.3 Å². The second kappa shape index (κ2) is 7.49. The van der Waals surface area contributed by atoms with E-state index in [9.17, 15) is 13.8 Å². The first kappa shape index (κ1) is 13.1. The van der Waals surface area contributed by atoms with Crippen LogP contribution in [0.5, 0.6) is 0 Å². The first-order chi connectivity index (χ1) is 6.57. The van der Waals surface area contributed by atoms with Crippen LogP contribution in [0.2, 0.25) is 0 Å². The van der Waals surface area contributed by atoms with Crippen LogP contribution in [0.25, 0.3) is 0 Å². The van der Waals surface area contributed by atoms with Crippen LogP contribution >= 0.6 is 0 Å². The Morgan fingerprint density at radius 3 is 2.57 bits per heavy atom. The van der Waals surface area contributed by atoms with Gasteiger partial charge in [0.15, 0.2) is 0 Å². The maximum absolute atomic E-state index is 10.9. The molecule has 0 saturated heterocycles. The lowest BCUT2D eigenvalue weighted by molar-refractivity contribution is -0.154. The van der Waals surface area contributed by atoms with Crippen LogP contribution < -0.4 is 5.32 Å². The summed E-state index contributed by atoms with van der Waals surface area (Å²) in [5, 5.41) is 2.37. The summed E-state index contributed by atoms with van der Waals surface area (Å²) in [6.45, 7) is 2.16. The predicted molar refractivity (Wildman–Crippen MR) is 53.2 cm³/mol. The Hall–Kier alpha value is -0.910. The van der Waals surface area contributed by atoms with Gasteiger partial charge in [-0.1, -0.05) is 0 Å². The Balaban J connectivity index is 3.53. The zero-order chi connectivity index (χ0) is 11.0. The van der Waals surface area contributed by atoms with Crippen molar-refractivity contribution in [1.29, 1.82) is 0 Å². The maximum Gasteiger partial charge on any atom is 0.396 e. The molecule has 0 rings (SSSR count). The first-order valence-corrected chi connectivity index (χ1v) is 6.05. The number of carbonyl (C=O) groups is 2. The van der Waals surface area contributed by atoms with E-state index < -0.39 is 22.7 Å². The van der Waals surface area contributed by atoms with Gasteiger partial charge in [0.25, 0.3) is 0 Å². The quantitative estimate of drug-likeness (QED) is 0.383. The van der Waals surface area contributed by atoms with Crippen LogP contribution in [0.1, 0.15) is 13.3 Å². The number of esters is 1. The lowest BCUT2D eigenvalue weighted by Crippen LogP contribution is -2.33. The molecular formula is C8H15NO4S. The van der Waals surface area contributed by atoms with Gasteiger partial charge in [-0.15, -0.1) is 0 Å². The highest BCUT2D eigenvalue weighted by atomic mass is 32.2. The minimum absolute atomic E-state index is 0.186. The van der Waals surface area contributed by atoms with Crippen molar-refractivity contribution < 1.29 is 18.5 Å². The summed E-state index contributed by atoms with van der Waals surface area (Å²) in [6.07, 6.45) is 2.18. The van der Waals surface area contributed by atoms with E-state index in [4.69, 9.17) is 0 Å². The molecule has 0 aromatic rings. The third-order valence-electron chi connectivity index (χ3n) is 1.35. The molecule has 0 aromatic heterocycles. The zero-order valence-electron chi connectivity index (χ0n) is 8.37. The molecule has 82 valence electrons. The molecule has 1 unspecified atom stereocenters. The number of amides is 1. The lowest BCUT2D eigenvalue weighted by atomic mass is 10.4. The monoisotopic (exact) mass is 221 g/mol. The smallest absolute Gasteiger partial charge is 0.396 e. The van der Waals surface area contributed by atoms with Gasteiger partial charge < -0.3 is 10.1 Å². The molecule has 14 heavy (non-hydrogen) atoms. The molecule has 0 saturated carbocycles. The molecule has 0 aliphatic rings. The second-order valence-electron chi connectivity index (χ2n) is 2.61. The van der Waals surface area contributed by atoms with Crippen molar-refractivity contribution in [1.82, 2.24) is 5.32 Å². The first-order valence-electron chi connectivity index (χ1n) is 4.33. The summed E-state index contributed by atoms with van der Waals surface area (Å²) in [7, 11) is -0.862. The van der Waals surface area contributed by atoms with E-state index in [0.29, 0.717) is 18.7 Å². The molecule has 1 amide bonds. The summed E-state index contributed by atoms with van der Waals surface area (Å²) in [5.74, 6) is -1.10. The Morgan fingerprint density at radius 1 is 1.43 bits per heavy atom. The van der Waals surface area contributed by atoms with E-state index in [1.165, 1.54) is 0 Å². The van der Waals surface area contributed by atoms with Gasteiger partial charge in [-0.3, -0.25) is 9.00 Å². The molecule has 0 fully saturated rings. The van der Waals surface area contributed by atoms with Gasteiger partial charge in [0.05, 0.1) is 6.61 Å². The van der Waals surface area contributed by atoms with Crippen LogP contribution in [0, 0.1) is 0 Å². The minimum Gasteiger partial charge on any atom is -0.459 e. The molecule has 0 aliphatic carbocycles. The zero-order valence-corrected chi connectivity index (χ0v) is 9.19. The highest BCUT2D eigenvalue weighted by Crippen LogP contribution is 1.83. The van der Waals surface area contributed by atoms with Crippen molar-refractivity contribution in [3.63, 3.8) is 0 Å². The van der Waals surface area contributed by atoms with Crippen LogP contribution in [-0.2, 0) is 25.1 Å². The molecule has 5 nitrogen and oxygen atoms in total. The molecule has 0 aliphatic heterocycles. The summed E-state index contributed by atoms with van der Waals surface area (Å²) < 4.78 is 15.1. The van der Waals surface area contributed by atoms with Gasteiger partial charge in [0.1, 0.15) is 0 Å². The normalized spacial score (nSPS) is 11.9. The average Bonchev–Trinajstić information content (AvgIpc) is 2.12. The molecular weight excluding hydrogens is 206 g/mol. The summed E-state index contributed by atoms with van der Waals surface area (Å²) in [6, 6.07) is 0. The third kappa shape index (κ3) is 6.59. The fraction of sp³-hybridized carbons (Fsp3) is 0.750. The number of hydrogen-bond donors (Lipinski definition) is 1. The van der Waals surface area contributed by atoms with Crippen molar-refractivity contribution in [3.8, 4) is 0 Å². The third-order valence-corrected chi connectivity index (χ3v) is 2.22. The van der Waals surface area contributed by atoms with E-state index in [1.54, 1.807) is 13.2 Å². The SMILES string of the molecule is CCOC(=O)C(=O)NCCCS(C)=O.